The van der Waals surface area contributed by atoms with Crippen LogP contribution in [0, 0.1) is 30.3 Å². The first-order chi connectivity index (χ1) is 10.8. The van der Waals surface area contributed by atoms with Gasteiger partial charge in [-0.25, -0.2) is 0 Å². The molecule has 1 aromatic rings. The smallest absolute Gasteiger partial charge is 0.284 e. The van der Waals surface area contributed by atoms with E-state index < -0.39 is 37.6 Å². The first-order valence-electron chi connectivity index (χ1n) is 6.11. The highest BCUT2D eigenvalue weighted by Crippen LogP contribution is 2.29. The molecule has 2 aliphatic carbocycles. The van der Waals surface area contributed by atoms with Gasteiger partial charge in [0.2, 0.25) is 0 Å². The molecular weight excluding hydrogens is 310 g/mol. The Morgan fingerprint density at radius 2 is 1.52 bits per heavy atom. The Labute approximate surface area is 125 Å². The Bertz CT molecular complexity index is 1020. The van der Waals surface area contributed by atoms with Crippen molar-refractivity contribution < 1.29 is 19.6 Å². The third kappa shape index (κ3) is 2.09. The minimum Gasteiger partial charge on any atom is -0.290 e. The Balaban J connectivity index is 2.51. The summed E-state index contributed by atoms with van der Waals surface area (Å²) in [7, 11) is 0. The molecule has 0 amide bonds. The average Bonchev–Trinajstić information content (AvgIpc) is 2.82. The van der Waals surface area contributed by atoms with Crippen LogP contribution in [0.5, 0.6) is 0 Å². The standard InChI is InChI=1S/C13H5N3O7/c17-9-3-7-1-6-2-8(14(18)19)4-10(15(20)21)12(6)13(7)11(5-9)16(22)23/h1-5H. The Kier molecular flexibility index (Phi) is 2.89. The molecule has 0 radical (unpaired) electrons. The number of carbonyl (C=O) groups excluding carboxylic acids is 1. The van der Waals surface area contributed by atoms with Crippen LogP contribution in [0.2, 0.25) is 0 Å². The zero-order valence-corrected chi connectivity index (χ0v) is 11.1. The van der Waals surface area contributed by atoms with Gasteiger partial charge in [0, 0.05) is 6.07 Å². The molecule has 0 fully saturated rings. The van der Waals surface area contributed by atoms with Crippen molar-refractivity contribution in [2.75, 3.05) is 0 Å². The number of ketones is 1. The Morgan fingerprint density at radius 3 is 2.09 bits per heavy atom. The van der Waals surface area contributed by atoms with Crippen LogP contribution in [0.15, 0.2) is 35.6 Å². The van der Waals surface area contributed by atoms with Crippen LogP contribution in [0.25, 0.3) is 11.6 Å². The maximum atomic E-state index is 11.5. The van der Waals surface area contributed by atoms with Crippen molar-refractivity contribution in [2.45, 2.75) is 0 Å². The van der Waals surface area contributed by atoms with Gasteiger partial charge in [0.15, 0.2) is 5.78 Å². The first kappa shape index (κ1) is 14.3. The van der Waals surface area contributed by atoms with E-state index in [9.17, 15) is 35.1 Å². The topological polar surface area (TPSA) is 146 Å². The van der Waals surface area contributed by atoms with E-state index in [0.29, 0.717) is 0 Å². The molecule has 0 unspecified atom stereocenters. The molecule has 0 heterocycles. The molecule has 0 aliphatic heterocycles. The van der Waals surface area contributed by atoms with Crippen molar-refractivity contribution in [1.82, 2.24) is 0 Å². The molecular formula is C13H5N3O7. The van der Waals surface area contributed by atoms with Gasteiger partial charge in [-0.1, -0.05) is 0 Å². The zero-order valence-electron chi connectivity index (χ0n) is 11.1. The second kappa shape index (κ2) is 4.66. The molecule has 2 aliphatic rings. The first-order valence-corrected chi connectivity index (χ1v) is 6.11. The molecule has 10 nitrogen and oxygen atoms in total. The van der Waals surface area contributed by atoms with Gasteiger partial charge in [-0.2, -0.15) is 0 Å². The number of hydrogen-bond acceptors (Lipinski definition) is 7. The van der Waals surface area contributed by atoms with E-state index in [2.05, 4.69) is 0 Å². The molecule has 3 rings (SSSR count). The lowest BCUT2D eigenvalue weighted by Crippen LogP contribution is -2.28. The maximum absolute atomic E-state index is 11.5. The number of benzene rings is 1. The lowest BCUT2D eigenvalue weighted by molar-refractivity contribution is -0.417. The minimum absolute atomic E-state index is 0.0776. The highest BCUT2D eigenvalue weighted by Gasteiger charge is 2.33. The lowest BCUT2D eigenvalue weighted by Gasteiger charge is -2.06. The summed E-state index contributed by atoms with van der Waals surface area (Å²) in [5.41, 5.74) is -1.65. The summed E-state index contributed by atoms with van der Waals surface area (Å²) < 4.78 is 0. The maximum Gasteiger partial charge on any atom is 0.284 e. The summed E-state index contributed by atoms with van der Waals surface area (Å²) in [6.45, 7) is 0. The number of carbonyl (C=O) groups is 1. The number of nitrogens with zero attached hydrogens (tertiary/aromatic N) is 3. The van der Waals surface area contributed by atoms with Gasteiger partial charge in [-0.15, -0.1) is 0 Å². The van der Waals surface area contributed by atoms with Gasteiger partial charge >= 0.3 is 0 Å². The van der Waals surface area contributed by atoms with Crippen molar-refractivity contribution in [3.63, 3.8) is 0 Å². The minimum atomic E-state index is -0.844. The van der Waals surface area contributed by atoms with E-state index in [-0.39, 0.29) is 21.6 Å². The van der Waals surface area contributed by atoms with Crippen molar-refractivity contribution in [3.05, 3.63) is 76.3 Å². The Hall–Kier alpha value is -3.69. The molecule has 0 aromatic heterocycles. The van der Waals surface area contributed by atoms with E-state index >= 15 is 0 Å². The van der Waals surface area contributed by atoms with Gasteiger partial charge in [0.05, 0.1) is 37.7 Å². The number of nitro benzene ring substituents is 2. The van der Waals surface area contributed by atoms with Crippen LogP contribution in [0.3, 0.4) is 0 Å². The second-order valence-electron chi connectivity index (χ2n) is 4.75. The number of fused-ring (bicyclic) bond motifs is 2. The number of hydrogen-bond donors (Lipinski definition) is 0. The summed E-state index contributed by atoms with van der Waals surface area (Å²) in [6.07, 6.45) is 3.16. The SMILES string of the molecule is O=C1C=C2C=c3cc([N+](=O)[O-])cc([N+](=O)[O-])c3=C2C([N+](=O)[O-])=C1. The molecule has 0 saturated carbocycles. The Morgan fingerprint density at radius 1 is 0.826 bits per heavy atom. The number of allylic oxidation sites excluding steroid dienone is 3. The molecule has 0 spiro atoms. The molecule has 0 N–H and O–H groups in total. The number of nitro groups is 3. The number of non-ortho nitro benzene ring substituents is 2. The van der Waals surface area contributed by atoms with Gasteiger partial charge in [-0.3, -0.25) is 35.1 Å². The predicted molar refractivity (Wildman–Crippen MR) is 75.0 cm³/mol. The molecule has 23 heavy (non-hydrogen) atoms. The quantitative estimate of drug-likeness (QED) is 0.568. The van der Waals surface area contributed by atoms with Gasteiger partial charge in [-0.05, 0) is 22.9 Å². The lowest BCUT2D eigenvalue weighted by atomic mass is 9.97. The highest BCUT2D eigenvalue weighted by atomic mass is 16.6. The van der Waals surface area contributed by atoms with Crippen LogP contribution in [0.4, 0.5) is 11.4 Å². The van der Waals surface area contributed by atoms with Crippen LogP contribution in [-0.4, -0.2) is 20.6 Å². The van der Waals surface area contributed by atoms with Gasteiger partial charge in [0.25, 0.3) is 17.1 Å². The van der Waals surface area contributed by atoms with Crippen LogP contribution in [-0.2, 0) is 4.79 Å². The summed E-state index contributed by atoms with van der Waals surface area (Å²) in [5.74, 6) is -0.628. The van der Waals surface area contributed by atoms with Crippen molar-refractivity contribution in [2.24, 2.45) is 0 Å². The summed E-state index contributed by atoms with van der Waals surface area (Å²) in [5, 5.41) is 33.3. The normalized spacial score (nSPS) is 15.1. The number of rotatable bonds is 3. The van der Waals surface area contributed by atoms with Crippen LogP contribution >= 0.6 is 0 Å². The second-order valence-corrected chi connectivity index (χ2v) is 4.75. The third-order valence-corrected chi connectivity index (χ3v) is 3.42. The summed E-state index contributed by atoms with van der Waals surface area (Å²) in [6, 6.07) is 1.83. The van der Waals surface area contributed by atoms with Crippen molar-refractivity contribution in [1.29, 1.82) is 0 Å². The van der Waals surface area contributed by atoms with E-state index in [1.165, 1.54) is 6.08 Å². The van der Waals surface area contributed by atoms with E-state index in [4.69, 9.17) is 0 Å². The fraction of sp³-hybridized carbons (Fsp3) is 0. The van der Waals surface area contributed by atoms with Crippen LogP contribution < -0.4 is 10.4 Å². The fourth-order valence-electron chi connectivity index (χ4n) is 2.59. The summed E-state index contributed by atoms with van der Waals surface area (Å²) >= 11 is 0. The van der Waals surface area contributed by atoms with E-state index in [1.54, 1.807) is 0 Å². The third-order valence-electron chi connectivity index (χ3n) is 3.42. The average molecular weight is 315 g/mol. The van der Waals surface area contributed by atoms with E-state index in [1.807, 2.05) is 0 Å². The van der Waals surface area contributed by atoms with Gasteiger partial charge < -0.3 is 0 Å². The molecule has 10 heteroatoms. The molecule has 1 aromatic carbocycles. The van der Waals surface area contributed by atoms with Crippen molar-refractivity contribution in [3.8, 4) is 0 Å². The molecule has 0 atom stereocenters. The van der Waals surface area contributed by atoms with Crippen LogP contribution in [0.1, 0.15) is 0 Å². The van der Waals surface area contributed by atoms with E-state index in [0.717, 1.165) is 24.3 Å². The van der Waals surface area contributed by atoms with Crippen molar-refractivity contribution >= 4 is 28.8 Å². The molecule has 0 saturated heterocycles. The predicted octanol–water partition coefficient (Wildman–Crippen LogP) is 0.117. The molecule has 0 bridgehead atoms. The fourth-order valence-corrected chi connectivity index (χ4v) is 2.59. The van der Waals surface area contributed by atoms with Gasteiger partial charge in [0.1, 0.15) is 0 Å². The summed E-state index contributed by atoms with van der Waals surface area (Å²) in [4.78, 5) is 42.4. The zero-order chi connectivity index (χ0) is 16.9. The monoisotopic (exact) mass is 315 g/mol. The molecule has 114 valence electrons. The largest absolute Gasteiger partial charge is 0.290 e. The highest BCUT2D eigenvalue weighted by molar-refractivity contribution is 6.11.